The first-order valence-corrected chi connectivity index (χ1v) is 7.25. The Labute approximate surface area is 72.1 Å². The Balaban J connectivity index is 4.41. The molecule has 6 N–H and O–H groups in total. The van der Waals surface area contributed by atoms with E-state index in [9.17, 15) is 0 Å². The molecule has 0 heterocycles. The molecular weight excluding hydrogens is 200 g/mol. The highest BCUT2D eigenvalue weighted by molar-refractivity contribution is 6.64. The molecule has 0 aliphatic heterocycles. The Bertz CT molecular complexity index is 131. The van der Waals surface area contributed by atoms with Crippen molar-refractivity contribution in [3.63, 3.8) is 0 Å². The van der Waals surface area contributed by atoms with Crippen molar-refractivity contribution in [2.75, 3.05) is 0 Å². The van der Waals surface area contributed by atoms with Crippen LogP contribution in [0.15, 0.2) is 0 Å². The highest BCUT2D eigenvalue weighted by Gasteiger charge is 2.49. The van der Waals surface area contributed by atoms with Crippen LogP contribution in [0.4, 0.5) is 0 Å². The van der Waals surface area contributed by atoms with Crippen LogP contribution in [0.5, 0.6) is 0 Å². The van der Waals surface area contributed by atoms with Gasteiger partial charge in [-0.2, -0.15) is 0 Å². The van der Waals surface area contributed by atoms with E-state index in [1.807, 2.05) is 0 Å². The van der Waals surface area contributed by atoms with E-state index in [0.717, 1.165) is 0 Å². The highest BCUT2D eigenvalue weighted by Crippen LogP contribution is 2.33. The van der Waals surface area contributed by atoms with Crippen molar-refractivity contribution < 1.29 is 28.8 Å². The van der Waals surface area contributed by atoms with E-state index in [0.29, 0.717) is 0 Å². The van der Waals surface area contributed by atoms with Gasteiger partial charge in [-0.25, -0.2) is 0 Å². The van der Waals surface area contributed by atoms with Gasteiger partial charge in [-0.1, -0.05) is 13.8 Å². The smallest absolute Gasteiger partial charge is 0.390 e. The molecule has 0 radical (unpaired) electrons. The molecule has 0 saturated heterocycles. The van der Waals surface area contributed by atoms with Crippen LogP contribution < -0.4 is 0 Å². The minimum Gasteiger partial charge on any atom is -0.390 e. The molecule has 2 unspecified atom stereocenters. The van der Waals surface area contributed by atoms with E-state index in [1.165, 1.54) is 13.8 Å². The Kier molecular flexibility index (Phi) is 3.57. The van der Waals surface area contributed by atoms with Gasteiger partial charge in [0, 0.05) is 11.1 Å². The summed E-state index contributed by atoms with van der Waals surface area (Å²) >= 11 is 0. The van der Waals surface area contributed by atoms with Gasteiger partial charge in [0.2, 0.25) is 0 Å². The molecule has 0 spiro atoms. The monoisotopic (exact) mass is 214 g/mol. The molecule has 0 aromatic carbocycles. The summed E-state index contributed by atoms with van der Waals surface area (Å²) < 4.78 is 0. The molecule has 0 aromatic rings. The summed E-state index contributed by atoms with van der Waals surface area (Å²) in [5, 5.41) is 0. The molecule has 0 bridgehead atoms. The Morgan fingerprint density at radius 1 is 0.667 bits per heavy atom. The molecule has 8 heteroatoms. The predicted octanol–water partition coefficient (Wildman–Crippen LogP) is -2.40. The molecule has 0 aliphatic carbocycles. The van der Waals surface area contributed by atoms with Gasteiger partial charge in [-0.05, 0) is 0 Å². The maximum atomic E-state index is 8.76. The number of hydrogen-bond donors (Lipinski definition) is 6. The lowest BCUT2D eigenvalue weighted by atomic mass is 10.4. The quantitative estimate of drug-likeness (QED) is 0.291. The van der Waals surface area contributed by atoms with E-state index in [2.05, 4.69) is 0 Å². The van der Waals surface area contributed by atoms with Crippen molar-refractivity contribution in [2.45, 2.75) is 24.9 Å². The van der Waals surface area contributed by atoms with Crippen LogP contribution in [0.2, 0.25) is 11.1 Å². The van der Waals surface area contributed by atoms with Gasteiger partial charge in [0.1, 0.15) is 0 Å². The summed E-state index contributed by atoms with van der Waals surface area (Å²) in [4.78, 5) is 52.6. The predicted molar refractivity (Wildman–Crippen MR) is 43.7 cm³/mol. The van der Waals surface area contributed by atoms with E-state index < -0.39 is 28.7 Å². The maximum Gasteiger partial charge on any atom is 0.495 e. The van der Waals surface area contributed by atoms with Crippen LogP contribution in [0.25, 0.3) is 0 Å². The molecule has 0 aliphatic rings. The summed E-state index contributed by atoms with van der Waals surface area (Å²) in [5.74, 6) is 0. The molecule has 74 valence electrons. The van der Waals surface area contributed by atoms with Crippen LogP contribution in [-0.4, -0.2) is 46.4 Å². The Morgan fingerprint density at radius 3 is 0.917 bits per heavy atom. The summed E-state index contributed by atoms with van der Waals surface area (Å²) in [6, 6.07) is 0. The largest absolute Gasteiger partial charge is 0.495 e. The fourth-order valence-corrected chi connectivity index (χ4v) is 3.35. The van der Waals surface area contributed by atoms with Crippen molar-refractivity contribution >= 4 is 17.6 Å². The average molecular weight is 214 g/mol. The minimum atomic E-state index is -4.38. The zero-order valence-corrected chi connectivity index (χ0v) is 8.84. The minimum absolute atomic E-state index is 1.11. The topological polar surface area (TPSA) is 121 Å². The van der Waals surface area contributed by atoms with Crippen molar-refractivity contribution in [2.24, 2.45) is 0 Å². The van der Waals surface area contributed by atoms with Gasteiger partial charge in [0.05, 0.1) is 0 Å². The van der Waals surface area contributed by atoms with E-state index in [1.54, 1.807) is 0 Å². The molecule has 0 aromatic heterocycles. The summed E-state index contributed by atoms with van der Waals surface area (Å²) in [5.41, 5.74) is -2.21. The third kappa shape index (κ3) is 3.29. The lowest BCUT2D eigenvalue weighted by Gasteiger charge is -2.27. The van der Waals surface area contributed by atoms with Crippen LogP contribution in [0.3, 0.4) is 0 Å². The Morgan fingerprint density at radius 2 is 0.833 bits per heavy atom. The third-order valence-corrected chi connectivity index (χ3v) is 5.75. The SMILES string of the molecule is CC(C(C)[Si](O)(O)O)[Si](O)(O)O. The Hall–Kier alpha value is 0.194. The lowest BCUT2D eigenvalue weighted by Crippen LogP contribution is -2.49. The number of rotatable bonds is 3. The van der Waals surface area contributed by atoms with Crippen molar-refractivity contribution in [1.29, 1.82) is 0 Å². The highest BCUT2D eigenvalue weighted by atomic mass is 28.4. The molecular formula is C4H14O6Si2. The van der Waals surface area contributed by atoms with E-state index in [-0.39, 0.29) is 0 Å². The van der Waals surface area contributed by atoms with Gasteiger partial charge in [0.25, 0.3) is 0 Å². The van der Waals surface area contributed by atoms with E-state index >= 15 is 0 Å². The zero-order valence-electron chi connectivity index (χ0n) is 6.84. The van der Waals surface area contributed by atoms with Crippen LogP contribution in [0.1, 0.15) is 13.8 Å². The van der Waals surface area contributed by atoms with Gasteiger partial charge < -0.3 is 28.8 Å². The number of hydrogen-bond acceptors (Lipinski definition) is 6. The zero-order chi connectivity index (χ0) is 10.2. The third-order valence-electron chi connectivity index (χ3n) is 1.97. The molecule has 0 rings (SSSR count). The maximum absolute atomic E-state index is 8.76. The second-order valence-electron chi connectivity index (χ2n) is 2.95. The van der Waals surface area contributed by atoms with Crippen molar-refractivity contribution in [1.82, 2.24) is 0 Å². The molecule has 0 fully saturated rings. The van der Waals surface area contributed by atoms with Crippen LogP contribution in [-0.2, 0) is 0 Å². The molecule has 2 atom stereocenters. The van der Waals surface area contributed by atoms with Gasteiger partial charge in [-0.3, -0.25) is 0 Å². The first-order valence-electron chi connectivity index (χ1n) is 3.41. The van der Waals surface area contributed by atoms with Crippen molar-refractivity contribution in [3.05, 3.63) is 0 Å². The average Bonchev–Trinajstić information content (AvgIpc) is 1.80. The normalized spacial score (nSPS) is 19.0. The summed E-state index contributed by atoms with van der Waals surface area (Å²) in [6.45, 7) is 2.47. The molecule has 12 heavy (non-hydrogen) atoms. The van der Waals surface area contributed by atoms with Crippen LogP contribution in [0, 0.1) is 0 Å². The molecule has 0 saturated carbocycles. The summed E-state index contributed by atoms with van der Waals surface area (Å²) in [6.07, 6.45) is 0. The molecule has 0 amide bonds. The van der Waals surface area contributed by atoms with Crippen LogP contribution >= 0.6 is 0 Å². The first-order chi connectivity index (χ1) is 5.07. The van der Waals surface area contributed by atoms with Crippen molar-refractivity contribution in [3.8, 4) is 0 Å². The fourth-order valence-electron chi connectivity index (χ4n) is 0.671. The molecule has 6 nitrogen and oxygen atoms in total. The fraction of sp³-hybridized carbons (Fsp3) is 1.00. The second-order valence-corrected chi connectivity index (χ2v) is 7.52. The summed E-state index contributed by atoms with van der Waals surface area (Å²) in [7, 11) is -8.76. The van der Waals surface area contributed by atoms with Gasteiger partial charge >= 0.3 is 17.6 Å². The van der Waals surface area contributed by atoms with Gasteiger partial charge in [0.15, 0.2) is 0 Å². The lowest BCUT2D eigenvalue weighted by molar-refractivity contribution is 0.179. The van der Waals surface area contributed by atoms with E-state index in [4.69, 9.17) is 28.8 Å². The first kappa shape index (κ1) is 12.2. The second kappa shape index (κ2) is 3.51. The standard InChI is InChI=1S/C4H14O6Si2/c1-3(11(5,6)7)4(2)12(8,9)10/h3-10H,1-2H3. The van der Waals surface area contributed by atoms with Gasteiger partial charge in [-0.15, -0.1) is 0 Å².